The lowest BCUT2D eigenvalue weighted by Gasteiger charge is -2.32. The van der Waals surface area contributed by atoms with E-state index >= 15 is 0 Å². The fourth-order valence-electron chi connectivity index (χ4n) is 5.29. The molecule has 3 aromatic rings. The van der Waals surface area contributed by atoms with Crippen molar-refractivity contribution in [2.24, 2.45) is 5.92 Å². The maximum atomic E-state index is 13.7. The molecule has 8 nitrogen and oxygen atoms in total. The van der Waals surface area contributed by atoms with Crippen LogP contribution in [0.3, 0.4) is 0 Å². The van der Waals surface area contributed by atoms with Crippen LogP contribution in [0.1, 0.15) is 48.5 Å². The first-order chi connectivity index (χ1) is 17.6. The van der Waals surface area contributed by atoms with Gasteiger partial charge in [-0.05, 0) is 47.9 Å². The van der Waals surface area contributed by atoms with Crippen LogP contribution in [0, 0.1) is 5.92 Å². The highest BCUT2D eigenvalue weighted by atomic mass is 16.5. The molecule has 188 valence electrons. The largest absolute Gasteiger partial charge is 0.508 e. The second kappa shape index (κ2) is 10.6. The number of phenols is 1. The van der Waals surface area contributed by atoms with Crippen LogP contribution in [0.25, 0.3) is 0 Å². The smallest absolute Gasteiger partial charge is 0.242 e. The number of carbonyl (C=O) groups excluding carboxylic acids is 1. The Morgan fingerprint density at radius 3 is 2.56 bits per heavy atom. The summed E-state index contributed by atoms with van der Waals surface area (Å²) in [6, 6.07) is 16.1. The van der Waals surface area contributed by atoms with Crippen molar-refractivity contribution < 1.29 is 19.4 Å². The van der Waals surface area contributed by atoms with E-state index < -0.39 is 6.04 Å². The zero-order chi connectivity index (χ0) is 25.1. The zero-order valence-electron chi connectivity index (χ0n) is 20.6. The van der Waals surface area contributed by atoms with Gasteiger partial charge in [0.15, 0.2) is 11.5 Å². The molecule has 3 heterocycles. The highest BCUT2D eigenvalue weighted by Gasteiger charge is 2.55. The summed E-state index contributed by atoms with van der Waals surface area (Å²) in [5, 5.41) is 10.6. The molecule has 1 amide bonds. The van der Waals surface area contributed by atoms with Gasteiger partial charge in [-0.3, -0.25) is 9.78 Å². The van der Waals surface area contributed by atoms with Crippen molar-refractivity contribution in [3.63, 3.8) is 0 Å². The lowest BCUT2D eigenvalue weighted by Crippen LogP contribution is -2.41. The molecule has 36 heavy (non-hydrogen) atoms. The van der Waals surface area contributed by atoms with Crippen LogP contribution < -0.4 is 20.3 Å². The number of para-hydroxylation sites is 1. The van der Waals surface area contributed by atoms with E-state index in [0.717, 1.165) is 29.5 Å². The summed E-state index contributed by atoms with van der Waals surface area (Å²) in [5.41, 5.74) is 9.21. The van der Waals surface area contributed by atoms with Gasteiger partial charge in [0.1, 0.15) is 11.8 Å². The second-order valence-corrected chi connectivity index (χ2v) is 9.26. The summed E-state index contributed by atoms with van der Waals surface area (Å²) >= 11 is 0. The SMILES string of the molecule is CCCCOc1ccc(C2C3C(NNC3c3ccccc3O)C(=O)N2Cc2ccncc2)cc1OC. The van der Waals surface area contributed by atoms with E-state index in [2.05, 4.69) is 22.8 Å². The molecule has 0 spiro atoms. The minimum Gasteiger partial charge on any atom is -0.508 e. The minimum absolute atomic E-state index is 0.00877. The summed E-state index contributed by atoms with van der Waals surface area (Å²) in [4.78, 5) is 19.8. The Bertz CT molecular complexity index is 1210. The number of rotatable bonds is 9. The standard InChI is InChI=1S/C28H32N4O4/c1-3-4-15-36-22-10-9-19(16-23(22)35-2)27-24-25(20-7-5-6-8-21(20)33)30-31-26(24)28(34)32(27)17-18-11-13-29-14-12-18/h5-14,16,24-27,30-31,33H,3-4,15,17H2,1-2H3. The minimum atomic E-state index is -0.437. The highest BCUT2D eigenvalue weighted by molar-refractivity contribution is 5.86. The number of ether oxygens (including phenoxy) is 2. The predicted octanol–water partition coefficient (Wildman–Crippen LogP) is 3.89. The third kappa shape index (κ3) is 4.50. The van der Waals surface area contributed by atoms with Crippen LogP contribution in [0.15, 0.2) is 67.0 Å². The average Bonchev–Trinajstić information content (AvgIpc) is 3.44. The summed E-state index contributed by atoms with van der Waals surface area (Å²) in [5.74, 6) is 1.38. The van der Waals surface area contributed by atoms with Crippen molar-refractivity contribution >= 4 is 5.91 Å². The predicted molar refractivity (Wildman–Crippen MR) is 135 cm³/mol. The van der Waals surface area contributed by atoms with E-state index in [9.17, 15) is 9.90 Å². The molecular formula is C28H32N4O4. The normalized spacial score (nSPS) is 23.1. The van der Waals surface area contributed by atoms with Crippen molar-refractivity contribution in [2.75, 3.05) is 13.7 Å². The number of aromatic hydroxyl groups is 1. The number of nitrogens with one attached hydrogen (secondary N) is 2. The van der Waals surface area contributed by atoms with E-state index in [0.29, 0.717) is 24.7 Å². The Morgan fingerprint density at radius 2 is 1.81 bits per heavy atom. The van der Waals surface area contributed by atoms with Crippen molar-refractivity contribution in [3.05, 3.63) is 83.7 Å². The molecule has 2 aliphatic rings. The first kappa shape index (κ1) is 24.1. The van der Waals surface area contributed by atoms with Crippen molar-refractivity contribution in [3.8, 4) is 17.2 Å². The molecule has 0 saturated carbocycles. The van der Waals surface area contributed by atoms with Crippen LogP contribution in [-0.2, 0) is 11.3 Å². The van der Waals surface area contributed by atoms with E-state index in [1.165, 1.54) is 0 Å². The van der Waals surface area contributed by atoms with E-state index in [1.807, 2.05) is 47.4 Å². The van der Waals surface area contributed by atoms with Gasteiger partial charge in [0.25, 0.3) is 0 Å². The second-order valence-electron chi connectivity index (χ2n) is 9.26. The number of amides is 1. The number of hydrogen-bond donors (Lipinski definition) is 3. The number of fused-ring (bicyclic) bond motifs is 1. The third-order valence-corrected chi connectivity index (χ3v) is 7.07. The van der Waals surface area contributed by atoms with E-state index in [4.69, 9.17) is 9.47 Å². The number of nitrogens with zero attached hydrogens (tertiary/aromatic N) is 2. The Morgan fingerprint density at radius 1 is 1.03 bits per heavy atom. The first-order valence-electron chi connectivity index (χ1n) is 12.4. The van der Waals surface area contributed by atoms with Gasteiger partial charge < -0.3 is 19.5 Å². The van der Waals surface area contributed by atoms with Crippen LogP contribution in [0.5, 0.6) is 17.2 Å². The number of aromatic nitrogens is 1. The molecule has 3 N–H and O–H groups in total. The monoisotopic (exact) mass is 488 g/mol. The zero-order valence-corrected chi connectivity index (χ0v) is 20.6. The summed E-state index contributed by atoms with van der Waals surface area (Å²) < 4.78 is 11.6. The fourth-order valence-corrected chi connectivity index (χ4v) is 5.29. The highest BCUT2D eigenvalue weighted by Crippen LogP contribution is 2.50. The maximum absolute atomic E-state index is 13.7. The lowest BCUT2D eigenvalue weighted by molar-refractivity contribution is -0.131. The number of hydrazine groups is 1. The number of phenolic OH excluding ortho intramolecular Hbond substituents is 1. The quantitative estimate of drug-likeness (QED) is 0.393. The van der Waals surface area contributed by atoms with Gasteiger partial charge in [-0.1, -0.05) is 37.6 Å². The molecule has 8 heteroatoms. The molecule has 1 aromatic heterocycles. The summed E-state index contributed by atoms with van der Waals surface area (Å²) in [6.07, 6.45) is 5.49. The van der Waals surface area contributed by atoms with Crippen LogP contribution >= 0.6 is 0 Å². The Hall–Kier alpha value is -3.62. The fraction of sp³-hybridized carbons (Fsp3) is 0.357. The number of methoxy groups -OCH3 is 1. The van der Waals surface area contributed by atoms with Crippen molar-refractivity contribution in [1.82, 2.24) is 20.7 Å². The molecule has 5 rings (SSSR count). The summed E-state index contributed by atoms with van der Waals surface area (Å²) in [6.45, 7) is 3.20. The van der Waals surface area contributed by atoms with Crippen LogP contribution in [0.2, 0.25) is 0 Å². The Kier molecular flexibility index (Phi) is 7.06. The van der Waals surface area contributed by atoms with Gasteiger partial charge in [0.2, 0.25) is 5.91 Å². The van der Waals surface area contributed by atoms with Gasteiger partial charge in [-0.15, -0.1) is 0 Å². The van der Waals surface area contributed by atoms with Crippen LogP contribution in [0.4, 0.5) is 0 Å². The van der Waals surface area contributed by atoms with Gasteiger partial charge >= 0.3 is 0 Å². The molecule has 4 atom stereocenters. The average molecular weight is 489 g/mol. The number of carbonyl (C=O) groups is 1. The lowest BCUT2D eigenvalue weighted by atomic mass is 9.83. The van der Waals surface area contributed by atoms with Crippen molar-refractivity contribution in [2.45, 2.75) is 44.4 Å². The molecule has 2 fully saturated rings. The molecule has 2 saturated heterocycles. The first-order valence-corrected chi connectivity index (χ1v) is 12.4. The number of hydrogen-bond acceptors (Lipinski definition) is 7. The van der Waals surface area contributed by atoms with Gasteiger partial charge in [0.05, 0.1) is 25.8 Å². The molecule has 0 aliphatic carbocycles. The van der Waals surface area contributed by atoms with E-state index in [1.54, 1.807) is 31.6 Å². The van der Waals surface area contributed by atoms with Crippen molar-refractivity contribution in [1.29, 1.82) is 0 Å². The number of unbranched alkanes of at least 4 members (excludes halogenated alkanes) is 1. The molecule has 4 unspecified atom stereocenters. The molecule has 0 radical (unpaired) electrons. The van der Waals surface area contributed by atoms with Gasteiger partial charge in [0, 0.05) is 30.4 Å². The van der Waals surface area contributed by atoms with Crippen LogP contribution in [-0.4, -0.2) is 40.7 Å². The Labute approximate surface area is 211 Å². The number of likely N-dealkylation sites (tertiary alicyclic amines) is 1. The molecule has 0 bridgehead atoms. The topological polar surface area (TPSA) is 96.0 Å². The Balaban J connectivity index is 1.55. The van der Waals surface area contributed by atoms with E-state index in [-0.39, 0.29) is 29.7 Å². The molecule has 2 aliphatic heterocycles. The van der Waals surface area contributed by atoms with Gasteiger partial charge in [-0.2, -0.15) is 0 Å². The molecule has 2 aromatic carbocycles. The third-order valence-electron chi connectivity index (χ3n) is 7.07. The van der Waals surface area contributed by atoms with Gasteiger partial charge in [-0.25, -0.2) is 10.9 Å². The number of benzene rings is 2. The summed E-state index contributed by atoms with van der Waals surface area (Å²) in [7, 11) is 1.63. The molecular weight excluding hydrogens is 456 g/mol. The number of pyridine rings is 1. The maximum Gasteiger partial charge on any atom is 0.242 e.